The fourth-order valence-corrected chi connectivity index (χ4v) is 3.02. The van der Waals surface area contributed by atoms with Crippen molar-refractivity contribution in [2.24, 2.45) is 0 Å². The summed E-state index contributed by atoms with van der Waals surface area (Å²) in [5, 5.41) is 14.2. The second kappa shape index (κ2) is 6.15. The Balaban J connectivity index is 2.23. The Bertz CT molecular complexity index is 512. The summed E-state index contributed by atoms with van der Waals surface area (Å²) in [6.45, 7) is 7.75. The molecular weight excluding hydrogens is 270 g/mol. The van der Waals surface area contributed by atoms with Crippen molar-refractivity contribution in [3.8, 4) is 0 Å². The molecular formula is C15H25N3O3. The molecule has 1 N–H and O–H groups in total. The maximum atomic E-state index is 11.8. The molecule has 6 nitrogen and oxygen atoms in total. The predicted molar refractivity (Wildman–Crippen MR) is 79.2 cm³/mol. The average molecular weight is 295 g/mol. The lowest BCUT2D eigenvalue weighted by Crippen LogP contribution is -2.53. The molecule has 21 heavy (non-hydrogen) atoms. The SMILES string of the molecule is COCC1(C(=O)O)CCCN1Cc1cn(C(C)C)nc1C. The van der Waals surface area contributed by atoms with E-state index in [1.165, 1.54) is 0 Å². The van der Waals surface area contributed by atoms with Crippen LogP contribution in [0.2, 0.25) is 0 Å². The molecule has 0 spiro atoms. The van der Waals surface area contributed by atoms with Crippen LogP contribution in [0.4, 0.5) is 0 Å². The van der Waals surface area contributed by atoms with E-state index in [-0.39, 0.29) is 6.61 Å². The Hall–Kier alpha value is -1.40. The Morgan fingerprint density at radius 3 is 2.81 bits per heavy atom. The molecule has 1 atom stereocenters. The van der Waals surface area contributed by atoms with Crippen LogP contribution in [0, 0.1) is 6.92 Å². The van der Waals surface area contributed by atoms with Gasteiger partial charge in [-0.3, -0.25) is 14.4 Å². The second-order valence-corrected chi connectivity index (χ2v) is 6.11. The quantitative estimate of drug-likeness (QED) is 0.867. The number of nitrogens with zero attached hydrogens (tertiary/aromatic N) is 3. The highest BCUT2D eigenvalue weighted by atomic mass is 16.5. The summed E-state index contributed by atoms with van der Waals surface area (Å²) in [5.41, 5.74) is 1.15. The molecule has 0 saturated carbocycles. The summed E-state index contributed by atoms with van der Waals surface area (Å²) in [5.74, 6) is -0.796. The van der Waals surface area contributed by atoms with Crippen molar-refractivity contribution in [1.29, 1.82) is 0 Å². The molecule has 1 unspecified atom stereocenters. The van der Waals surface area contributed by atoms with E-state index in [0.717, 1.165) is 24.2 Å². The largest absolute Gasteiger partial charge is 0.480 e. The van der Waals surface area contributed by atoms with Crippen LogP contribution in [0.3, 0.4) is 0 Å². The van der Waals surface area contributed by atoms with Gasteiger partial charge < -0.3 is 9.84 Å². The summed E-state index contributed by atoms with van der Waals surface area (Å²) in [6.07, 6.45) is 3.54. The van der Waals surface area contributed by atoms with Crippen molar-refractivity contribution in [1.82, 2.24) is 14.7 Å². The van der Waals surface area contributed by atoms with Crippen LogP contribution in [-0.2, 0) is 16.1 Å². The van der Waals surface area contributed by atoms with Crippen LogP contribution < -0.4 is 0 Å². The topological polar surface area (TPSA) is 67.6 Å². The van der Waals surface area contributed by atoms with Crippen molar-refractivity contribution in [2.45, 2.75) is 51.7 Å². The maximum Gasteiger partial charge on any atom is 0.326 e. The normalized spacial score (nSPS) is 23.1. The molecule has 2 rings (SSSR count). The number of aliphatic carboxylic acids is 1. The van der Waals surface area contributed by atoms with Crippen molar-refractivity contribution in [2.75, 3.05) is 20.3 Å². The summed E-state index contributed by atoms with van der Waals surface area (Å²) in [6, 6.07) is 0.305. The number of aromatic nitrogens is 2. The third-order valence-corrected chi connectivity index (χ3v) is 4.31. The number of rotatable bonds is 6. The number of hydrogen-bond acceptors (Lipinski definition) is 4. The van der Waals surface area contributed by atoms with Gasteiger partial charge in [-0.2, -0.15) is 5.10 Å². The van der Waals surface area contributed by atoms with Gasteiger partial charge in [-0.15, -0.1) is 0 Å². The first-order chi connectivity index (χ1) is 9.90. The van der Waals surface area contributed by atoms with Crippen LogP contribution in [0.5, 0.6) is 0 Å². The molecule has 0 bridgehead atoms. The Morgan fingerprint density at radius 1 is 1.57 bits per heavy atom. The van der Waals surface area contributed by atoms with Crippen LogP contribution in [-0.4, -0.2) is 51.6 Å². The van der Waals surface area contributed by atoms with Gasteiger partial charge >= 0.3 is 5.97 Å². The Morgan fingerprint density at radius 2 is 2.29 bits per heavy atom. The first-order valence-corrected chi connectivity index (χ1v) is 7.42. The van der Waals surface area contributed by atoms with Gasteiger partial charge in [-0.05, 0) is 40.2 Å². The number of likely N-dealkylation sites (tertiary alicyclic amines) is 1. The second-order valence-electron chi connectivity index (χ2n) is 6.11. The highest BCUT2D eigenvalue weighted by molar-refractivity contribution is 5.79. The molecule has 0 radical (unpaired) electrons. The van der Waals surface area contributed by atoms with Gasteiger partial charge in [0.1, 0.15) is 5.54 Å². The first-order valence-electron chi connectivity index (χ1n) is 7.42. The van der Waals surface area contributed by atoms with Crippen molar-refractivity contribution < 1.29 is 14.6 Å². The first kappa shape index (κ1) is 16.0. The molecule has 2 heterocycles. The van der Waals surface area contributed by atoms with E-state index in [9.17, 15) is 9.90 Å². The van der Waals surface area contributed by atoms with Gasteiger partial charge in [0.15, 0.2) is 0 Å². The zero-order valence-electron chi connectivity index (χ0n) is 13.3. The van der Waals surface area contributed by atoms with Crippen molar-refractivity contribution in [3.63, 3.8) is 0 Å². The molecule has 1 aliphatic heterocycles. The molecule has 1 aromatic rings. The minimum absolute atomic E-state index is 0.222. The van der Waals surface area contributed by atoms with Gasteiger partial charge in [0, 0.05) is 31.5 Å². The molecule has 1 saturated heterocycles. The van der Waals surface area contributed by atoms with Gasteiger partial charge in [0.25, 0.3) is 0 Å². The van der Waals surface area contributed by atoms with E-state index in [2.05, 4.69) is 18.9 Å². The number of methoxy groups -OCH3 is 1. The maximum absolute atomic E-state index is 11.8. The highest BCUT2D eigenvalue weighted by Gasteiger charge is 2.47. The lowest BCUT2D eigenvalue weighted by molar-refractivity contribution is -0.153. The van der Waals surface area contributed by atoms with Gasteiger partial charge in [0.05, 0.1) is 12.3 Å². The highest BCUT2D eigenvalue weighted by Crippen LogP contribution is 2.32. The minimum Gasteiger partial charge on any atom is -0.480 e. The molecule has 6 heteroatoms. The molecule has 0 amide bonds. The molecule has 1 aliphatic rings. The number of aryl methyl sites for hydroxylation is 1. The number of hydrogen-bond donors (Lipinski definition) is 1. The lowest BCUT2D eigenvalue weighted by Gasteiger charge is -2.33. The summed E-state index contributed by atoms with van der Waals surface area (Å²) in [7, 11) is 1.56. The molecule has 118 valence electrons. The fraction of sp³-hybridized carbons (Fsp3) is 0.733. The third kappa shape index (κ3) is 2.96. The average Bonchev–Trinajstić information content (AvgIpc) is 2.97. The molecule has 1 aromatic heterocycles. The van der Waals surface area contributed by atoms with E-state index in [1.807, 2.05) is 22.7 Å². The van der Waals surface area contributed by atoms with Gasteiger partial charge in [-0.1, -0.05) is 0 Å². The molecule has 0 aromatic carbocycles. The zero-order valence-corrected chi connectivity index (χ0v) is 13.3. The van der Waals surface area contributed by atoms with Crippen LogP contribution in [0.15, 0.2) is 6.20 Å². The van der Waals surface area contributed by atoms with Crippen molar-refractivity contribution in [3.05, 3.63) is 17.5 Å². The molecule has 0 aliphatic carbocycles. The van der Waals surface area contributed by atoms with E-state index in [0.29, 0.717) is 19.0 Å². The van der Waals surface area contributed by atoms with Crippen LogP contribution in [0.1, 0.15) is 44.0 Å². The monoisotopic (exact) mass is 295 g/mol. The van der Waals surface area contributed by atoms with E-state index >= 15 is 0 Å². The van der Waals surface area contributed by atoms with Crippen LogP contribution >= 0.6 is 0 Å². The van der Waals surface area contributed by atoms with Gasteiger partial charge in [0.2, 0.25) is 0 Å². The molecule has 1 fully saturated rings. The number of carboxylic acids is 1. The zero-order chi connectivity index (χ0) is 15.6. The Labute approximate surface area is 125 Å². The minimum atomic E-state index is -0.902. The number of ether oxygens (including phenoxy) is 1. The number of carboxylic acid groups (broad SMARTS) is 1. The van der Waals surface area contributed by atoms with Crippen molar-refractivity contribution >= 4 is 5.97 Å². The smallest absolute Gasteiger partial charge is 0.326 e. The van der Waals surface area contributed by atoms with E-state index in [4.69, 9.17) is 4.74 Å². The predicted octanol–water partition coefficient (Wildman–Crippen LogP) is 1.84. The summed E-state index contributed by atoms with van der Waals surface area (Å²) >= 11 is 0. The van der Waals surface area contributed by atoms with Gasteiger partial charge in [-0.25, -0.2) is 0 Å². The van der Waals surface area contributed by atoms with E-state index < -0.39 is 11.5 Å². The third-order valence-electron chi connectivity index (χ3n) is 4.31. The fourth-order valence-electron chi connectivity index (χ4n) is 3.02. The Kier molecular flexibility index (Phi) is 4.68. The standard InChI is InChI=1S/C15H25N3O3/c1-11(2)18-9-13(12(3)16-18)8-17-7-5-6-15(17,10-21-4)14(19)20/h9,11H,5-8,10H2,1-4H3,(H,19,20). The van der Waals surface area contributed by atoms with Crippen LogP contribution in [0.25, 0.3) is 0 Å². The number of carbonyl (C=O) groups is 1. The summed E-state index contributed by atoms with van der Waals surface area (Å²) in [4.78, 5) is 13.8. The lowest BCUT2D eigenvalue weighted by atomic mass is 9.97. The van der Waals surface area contributed by atoms with E-state index in [1.54, 1.807) is 7.11 Å². The summed E-state index contributed by atoms with van der Waals surface area (Å²) < 4.78 is 7.12.